The van der Waals surface area contributed by atoms with E-state index in [0.717, 1.165) is 25.9 Å². The van der Waals surface area contributed by atoms with Gasteiger partial charge in [-0.25, -0.2) is 0 Å². The Bertz CT molecular complexity index is 225. The maximum absolute atomic E-state index is 6.06. The van der Waals surface area contributed by atoms with Crippen molar-refractivity contribution in [2.75, 3.05) is 6.61 Å². The first-order chi connectivity index (χ1) is 8.11. The minimum Gasteiger partial charge on any atom is -0.352 e. The molecule has 3 unspecified atom stereocenters. The van der Waals surface area contributed by atoms with Crippen molar-refractivity contribution in [2.24, 2.45) is 17.8 Å². The maximum Gasteiger partial charge on any atom is 0.160 e. The molecule has 1 aliphatic rings. The summed E-state index contributed by atoms with van der Waals surface area (Å²) in [6, 6.07) is 0. The van der Waals surface area contributed by atoms with Crippen molar-refractivity contribution in [3.05, 3.63) is 12.7 Å². The van der Waals surface area contributed by atoms with E-state index in [0.29, 0.717) is 23.9 Å². The highest BCUT2D eigenvalue weighted by Crippen LogP contribution is 2.36. The van der Waals surface area contributed by atoms with Crippen molar-refractivity contribution >= 4 is 0 Å². The van der Waals surface area contributed by atoms with Gasteiger partial charge in [-0.05, 0) is 31.1 Å². The Balaban J connectivity index is 2.44. The lowest BCUT2D eigenvalue weighted by molar-refractivity contribution is -0.248. The molecule has 0 spiro atoms. The number of hydrogen-bond donors (Lipinski definition) is 0. The van der Waals surface area contributed by atoms with Crippen molar-refractivity contribution in [1.82, 2.24) is 0 Å². The Hall–Kier alpha value is -0.340. The number of hydrogen-bond acceptors (Lipinski definition) is 2. The van der Waals surface area contributed by atoms with E-state index in [2.05, 4.69) is 34.3 Å². The van der Waals surface area contributed by atoms with Gasteiger partial charge in [0.15, 0.2) is 6.29 Å². The molecule has 1 heterocycles. The van der Waals surface area contributed by atoms with Gasteiger partial charge in [-0.3, -0.25) is 0 Å². The predicted molar refractivity (Wildman–Crippen MR) is 71.8 cm³/mol. The summed E-state index contributed by atoms with van der Waals surface area (Å²) in [6.07, 6.45) is 5.40. The van der Waals surface area contributed by atoms with Gasteiger partial charge in [-0.2, -0.15) is 0 Å². The van der Waals surface area contributed by atoms with Gasteiger partial charge in [0.25, 0.3) is 0 Å². The second-order valence-electron chi connectivity index (χ2n) is 5.33. The second kappa shape index (κ2) is 7.17. The normalized spacial score (nSPS) is 38.0. The molecule has 1 rings (SSSR count). The van der Waals surface area contributed by atoms with Crippen molar-refractivity contribution in [3.63, 3.8) is 0 Å². The van der Waals surface area contributed by atoms with Crippen LogP contribution in [0.15, 0.2) is 12.7 Å². The first-order valence-corrected chi connectivity index (χ1v) is 6.99. The van der Waals surface area contributed by atoms with E-state index in [1.165, 1.54) is 0 Å². The molecular weight excluding hydrogens is 212 g/mol. The van der Waals surface area contributed by atoms with Gasteiger partial charge in [0, 0.05) is 5.92 Å². The summed E-state index contributed by atoms with van der Waals surface area (Å²) in [5.74, 6) is 1.78. The van der Waals surface area contributed by atoms with Crippen molar-refractivity contribution in [2.45, 2.75) is 59.4 Å². The molecule has 0 amide bonds. The molecule has 0 aromatic heterocycles. The lowest BCUT2D eigenvalue weighted by atomic mass is 9.78. The Morgan fingerprint density at radius 1 is 1.18 bits per heavy atom. The monoisotopic (exact) mass is 240 g/mol. The molecule has 0 aliphatic carbocycles. The predicted octanol–water partition coefficient (Wildman–Crippen LogP) is 4.01. The fourth-order valence-electron chi connectivity index (χ4n) is 2.57. The second-order valence-corrected chi connectivity index (χ2v) is 5.33. The highest BCUT2D eigenvalue weighted by molar-refractivity contribution is 4.82. The van der Waals surface area contributed by atoms with E-state index in [1.54, 1.807) is 0 Å². The third-order valence-corrected chi connectivity index (χ3v) is 4.22. The Morgan fingerprint density at radius 2 is 1.88 bits per heavy atom. The molecule has 100 valence electrons. The van der Waals surface area contributed by atoms with Crippen LogP contribution in [0.5, 0.6) is 0 Å². The molecule has 5 atom stereocenters. The molecule has 0 aromatic carbocycles. The highest BCUT2D eigenvalue weighted by Gasteiger charge is 2.38. The Kier molecular flexibility index (Phi) is 6.21. The van der Waals surface area contributed by atoms with Crippen LogP contribution in [-0.4, -0.2) is 19.0 Å². The van der Waals surface area contributed by atoms with E-state index in [9.17, 15) is 0 Å². The van der Waals surface area contributed by atoms with Crippen molar-refractivity contribution in [1.29, 1.82) is 0 Å². The lowest BCUT2D eigenvalue weighted by Gasteiger charge is -2.43. The lowest BCUT2D eigenvalue weighted by Crippen LogP contribution is -2.45. The summed E-state index contributed by atoms with van der Waals surface area (Å²) in [5, 5.41) is 0. The van der Waals surface area contributed by atoms with Crippen LogP contribution in [-0.2, 0) is 9.47 Å². The first-order valence-electron chi connectivity index (χ1n) is 6.99. The molecule has 1 saturated heterocycles. The summed E-state index contributed by atoms with van der Waals surface area (Å²) >= 11 is 0. The standard InChI is InChI=1S/C15H28O2/c1-6-8-9-10-16-15-13(5)11(3)12(4)14(7-2)17-15/h6,11-15H,1,7-10H2,2-5H3/t11-,12?,13?,14?,15+/m0/s1. The SMILES string of the molecule is C=CCCCO[C@@H]1OC(CC)C(C)[C@H](C)C1C. The zero-order chi connectivity index (χ0) is 12.8. The van der Waals surface area contributed by atoms with Crippen LogP contribution in [0.1, 0.15) is 47.0 Å². The molecule has 0 bridgehead atoms. The van der Waals surface area contributed by atoms with Gasteiger partial charge in [-0.1, -0.05) is 33.8 Å². The largest absolute Gasteiger partial charge is 0.352 e. The van der Waals surface area contributed by atoms with E-state index < -0.39 is 0 Å². The molecule has 0 saturated carbocycles. The van der Waals surface area contributed by atoms with E-state index in [4.69, 9.17) is 9.47 Å². The summed E-state index contributed by atoms with van der Waals surface area (Å²) < 4.78 is 11.9. The van der Waals surface area contributed by atoms with Gasteiger partial charge in [0.1, 0.15) is 0 Å². The van der Waals surface area contributed by atoms with Crippen LogP contribution in [0.2, 0.25) is 0 Å². The van der Waals surface area contributed by atoms with Crippen LogP contribution in [0.3, 0.4) is 0 Å². The third kappa shape index (κ3) is 3.82. The van der Waals surface area contributed by atoms with Gasteiger partial charge in [0.05, 0.1) is 12.7 Å². The quantitative estimate of drug-likeness (QED) is 0.516. The number of allylic oxidation sites excluding steroid dienone is 1. The average molecular weight is 240 g/mol. The summed E-state index contributed by atoms with van der Waals surface area (Å²) in [5.41, 5.74) is 0. The van der Waals surface area contributed by atoms with Crippen LogP contribution in [0.25, 0.3) is 0 Å². The summed E-state index contributed by atoms with van der Waals surface area (Å²) in [7, 11) is 0. The smallest absolute Gasteiger partial charge is 0.160 e. The van der Waals surface area contributed by atoms with Crippen LogP contribution < -0.4 is 0 Å². The van der Waals surface area contributed by atoms with Gasteiger partial charge in [0.2, 0.25) is 0 Å². The molecular formula is C15H28O2. The molecule has 0 aromatic rings. The molecule has 0 radical (unpaired) electrons. The van der Waals surface area contributed by atoms with Crippen molar-refractivity contribution in [3.8, 4) is 0 Å². The minimum absolute atomic E-state index is 0.0176. The van der Waals surface area contributed by atoms with Gasteiger partial charge < -0.3 is 9.47 Å². The fraction of sp³-hybridized carbons (Fsp3) is 0.867. The molecule has 2 heteroatoms. The van der Waals surface area contributed by atoms with E-state index in [-0.39, 0.29) is 6.29 Å². The third-order valence-electron chi connectivity index (χ3n) is 4.22. The van der Waals surface area contributed by atoms with Crippen molar-refractivity contribution < 1.29 is 9.47 Å². The topological polar surface area (TPSA) is 18.5 Å². The maximum atomic E-state index is 6.06. The fourth-order valence-corrected chi connectivity index (χ4v) is 2.57. The molecule has 0 N–H and O–H groups in total. The van der Waals surface area contributed by atoms with E-state index in [1.807, 2.05) is 6.08 Å². The van der Waals surface area contributed by atoms with Crippen LogP contribution in [0.4, 0.5) is 0 Å². The zero-order valence-electron chi connectivity index (χ0n) is 11.8. The Labute approximate surface area is 106 Å². The minimum atomic E-state index is -0.0176. The highest BCUT2D eigenvalue weighted by atomic mass is 16.7. The number of unbranched alkanes of at least 4 members (excludes halogenated alkanes) is 1. The summed E-state index contributed by atoms with van der Waals surface area (Å²) in [4.78, 5) is 0. The molecule has 2 nitrogen and oxygen atoms in total. The average Bonchev–Trinajstić information content (AvgIpc) is 2.34. The number of ether oxygens (including phenoxy) is 2. The molecule has 1 fully saturated rings. The van der Waals surface area contributed by atoms with Crippen LogP contribution >= 0.6 is 0 Å². The molecule has 1 aliphatic heterocycles. The van der Waals surface area contributed by atoms with Gasteiger partial charge >= 0.3 is 0 Å². The van der Waals surface area contributed by atoms with Gasteiger partial charge in [-0.15, -0.1) is 6.58 Å². The zero-order valence-corrected chi connectivity index (χ0v) is 11.8. The summed E-state index contributed by atoms with van der Waals surface area (Å²) in [6.45, 7) is 13.5. The Morgan fingerprint density at radius 3 is 2.47 bits per heavy atom. The van der Waals surface area contributed by atoms with Crippen LogP contribution in [0, 0.1) is 17.8 Å². The number of rotatable bonds is 6. The van der Waals surface area contributed by atoms with E-state index >= 15 is 0 Å². The molecule has 17 heavy (non-hydrogen) atoms. The first kappa shape index (κ1) is 14.7.